The molecular formula is C21H29N5O3. The Hall–Kier alpha value is -2.58. The van der Waals surface area contributed by atoms with Gasteiger partial charge in [0.05, 0.1) is 7.11 Å². The number of ether oxygens (including phenoxy) is 1. The molecule has 0 bridgehead atoms. The fourth-order valence-corrected chi connectivity index (χ4v) is 4.46. The predicted molar refractivity (Wildman–Crippen MR) is 113 cm³/mol. The number of nitrogens with zero attached hydrogens (tertiary/aromatic N) is 3. The van der Waals surface area contributed by atoms with Gasteiger partial charge >= 0.3 is 5.69 Å². The van der Waals surface area contributed by atoms with Crippen LogP contribution in [0.1, 0.15) is 18.5 Å². The molecule has 0 amide bonds. The molecular weight excluding hydrogens is 370 g/mol. The molecule has 2 aromatic rings. The van der Waals surface area contributed by atoms with E-state index in [1.807, 2.05) is 12.1 Å². The van der Waals surface area contributed by atoms with Crippen molar-refractivity contribution in [1.29, 1.82) is 0 Å². The van der Waals surface area contributed by atoms with Crippen molar-refractivity contribution in [2.45, 2.75) is 25.4 Å². The molecule has 1 atom stereocenters. The van der Waals surface area contributed by atoms with Crippen LogP contribution in [-0.2, 0) is 6.54 Å². The van der Waals surface area contributed by atoms with E-state index in [-0.39, 0.29) is 5.56 Å². The number of methoxy groups -OCH3 is 1. The van der Waals surface area contributed by atoms with Gasteiger partial charge in [-0.1, -0.05) is 0 Å². The molecule has 3 heterocycles. The maximum atomic E-state index is 11.5. The molecule has 2 saturated heterocycles. The van der Waals surface area contributed by atoms with Crippen LogP contribution >= 0.6 is 0 Å². The number of aromatic nitrogens is 2. The van der Waals surface area contributed by atoms with Gasteiger partial charge in [-0.2, -0.15) is 0 Å². The number of hydrogen-bond donors (Lipinski definition) is 2. The first-order valence-electron chi connectivity index (χ1n) is 10.3. The predicted octanol–water partition coefficient (Wildman–Crippen LogP) is 0.858. The Labute approximate surface area is 170 Å². The highest BCUT2D eigenvalue weighted by molar-refractivity contribution is 5.49. The van der Waals surface area contributed by atoms with Gasteiger partial charge in [0.2, 0.25) is 0 Å². The van der Waals surface area contributed by atoms with Crippen molar-refractivity contribution in [1.82, 2.24) is 19.8 Å². The zero-order chi connectivity index (χ0) is 20.2. The Morgan fingerprint density at radius 1 is 1.03 bits per heavy atom. The minimum absolute atomic E-state index is 0.341. The van der Waals surface area contributed by atoms with Crippen LogP contribution in [0.4, 0.5) is 5.69 Å². The van der Waals surface area contributed by atoms with Crippen LogP contribution in [0.15, 0.2) is 39.9 Å². The van der Waals surface area contributed by atoms with Gasteiger partial charge in [-0.3, -0.25) is 19.6 Å². The van der Waals surface area contributed by atoms with E-state index in [4.69, 9.17) is 4.74 Å². The van der Waals surface area contributed by atoms with Gasteiger partial charge < -0.3 is 14.6 Å². The second-order valence-corrected chi connectivity index (χ2v) is 7.87. The number of benzene rings is 1. The Balaban J connectivity index is 1.32. The van der Waals surface area contributed by atoms with Gasteiger partial charge in [-0.15, -0.1) is 0 Å². The lowest BCUT2D eigenvalue weighted by molar-refractivity contribution is 0.0880. The largest absolute Gasteiger partial charge is 0.497 e. The summed E-state index contributed by atoms with van der Waals surface area (Å²) in [6, 6.07) is 10.3. The van der Waals surface area contributed by atoms with E-state index in [1.165, 1.54) is 18.2 Å². The summed E-state index contributed by atoms with van der Waals surface area (Å²) in [5.74, 6) is 0.886. The molecule has 1 unspecified atom stereocenters. The fraction of sp³-hybridized carbons (Fsp3) is 0.524. The van der Waals surface area contributed by atoms with E-state index in [0.717, 1.165) is 51.4 Å². The average Bonchev–Trinajstić information content (AvgIpc) is 2.73. The summed E-state index contributed by atoms with van der Waals surface area (Å²) in [6.45, 7) is 6.71. The molecule has 156 valence electrons. The quantitative estimate of drug-likeness (QED) is 0.776. The minimum Gasteiger partial charge on any atom is -0.497 e. The Morgan fingerprint density at radius 2 is 1.79 bits per heavy atom. The minimum atomic E-state index is -0.435. The first-order chi connectivity index (χ1) is 14.1. The van der Waals surface area contributed by atoms with Crippen molar-refractivity contribution >= 4 is 5.69 Å². The van der Waals surface area contributed by atoms with E-state index >= 15 is 0 Å². The maximum absolute atomic E-state index is 11.5. The summed E-state index contributed by atoms with van der Waals surface area (Å²) in [5, 5.41) is 0. The topological polar surface area (TPSA) is 84.7 Å². The van der Waals surface area contributed by atoms with Crippen LogP contribution in [0.3, 0.4) is 0 Å². The van der Waals surface area contributed by atoms with E-state index in [2.05, 4.69) is 36.8 Å². The van der Waals surface area contributed by atoms with E-state index < -0.39 is 5.69 Å². The van der Waals surface area contributed by atoms with Crippen molar-refractivity contribution in [3.8, 4) is 5.75 Å². The fourth-order valence-electron chi connectivity index (χ4n) is 4.46. The van der Waals surface area contributed by atoms with Crippen molar-refractivity contribution in [3.63, 3.8) is 0 Å². The van der Waals surface area contributed by atoms with Crippen molar-refractivity contribution in [3.05, 3.63) is 56.9 Å². The molecule has 2 fully saturated rings. The maximum Gasteiger partial charge on any atom is 0.325 e. The van der Waals surface area contributed by atoms with Gasteiger partial charge in [0, 0.05) is 62.8 Å². The highest BCUT2D eigenvalue weighted by atomic mass is 16.5. The number of rotatable bonds is 5. The molecule has 2 aliphatic rings. The Bertz CT molecular complexity index is 887. The molecule has 0 saturated carbocycles. The zero-order valence-corrected chi connectivity index (χ0v) is 16.9. The monoisotopic (exact) mass is 399 g/mol. The Kier molecular flexibility index (Phi) is 6.01. The Morgan fingerprint density at radius 3 is 2.48 bits per heavy atom. The molecule has 4 rings (SSSR count). The molecule has 8 nitrogen and oxygen atoms in total. The zero-order valence-electron chi connectivity index (χ0n) is 16.9. The molecule has 2 aliphatic heterocycles. The molecule has 1 aromatic heterocycles. The molecule has 29 heavy (non-hydrogen) atoms. The molecule has 0 radical (unpaired) electrons. The van der Waals surface area contributed by atoms with Gasteiger partial charge in [0.15, 0.2) is 0 Å². The SMILES string of the molecule is COc1ccc(N2CCN(C3CCCN(Cc4cc(=O)[nH]c(=O)[nH]4)C3)CC2)cc1. The highest BCUT2D eigenvalue weighted by Gasteiger charge is 2.28. The van der Waals surface area contributed by atoms with Gasteiger partial charge in [-0.25, -0.2) is 4.79 Å². The number of likely N-dealkylation sites (tertiary alicyclic amines) is 1. The summed E-state index contributed by atoms with van der Waals surface area (Å²) in [7, 11) is 1.69. The third kappa shape index (κ3) is 4.89. The average molecular weight is 399 g/mol. The van der Waals surface area contributed by atoms with E-state index in [0.29, 0.717) is 18.3 Å². The summed E-state index contributed by atoms with van der Waals surface area (Å²) in [4.78, 5) is 35.4. The standard InChI is InChI=1S/C21H29N5O3/c1-29-19-6-4-17(5-7-19)25-9-11-26(12-10-25)18-3-2-8-24(15-18)14-16-13-20(27)23-21(28)22-16/h4-7,13,18H,2-3,8-12,14-15H2,1H3,(H2,22,23,27,28). The molecule has 2 N–H and O–H groups in total. The normalized spacial score (nSPS) is 21.3. The summed E-state index contributed by atoms with van der Waals surface area (Å²) in [5.41, 5.74) is 1.15. The van der Waals surface area contributed by atoms with E-state index in [1.54, 1.807) is 7.11 Å². The molecule has 0 aliphatic carbocycles. The van der Waals surface area contributed by atoms with Crippen LogP contribution < -0.4 is 20.9 Å². The summed E-state index contributed by atoms with van der Waals surface area (Å²) >= 11 is 0. The first-order valence-corrected chi connectivity index (χ1v) is 10.3. The summed E-state index contributed by atoms with van der Waals surface area (Å²) in [6.07, 6.45) is 2.34. The van der Waals surface area contributed by atoms with Crippen molar-refractivity contribution < 1.29 is 4.74 Å². The smallest absolute Gasteiger partial charge is 0.325 e. The molecule has 0 spiro atoms. The lowest BCUT2D eigenvalue weighted by Crippen LogP contribution is -2.55. The number of aromatic amines is 2. The van der Waals surface area contributed by atoms with Gasteiger partial charge in [0.1, 0.15) is 5.75 Å². The number of nitrogens with one attached hydrogen (secondary N) is 2. The number of hydrogen-bond acceptors (Lipinski definition) is 6. The number of H-pyrrole nitrogens is 2. The van der Waals surface area contributed by atoms with Crippen LogP contribution in [0.2, 0.25) is 0 Å². The molecule has 1 aromatic carbocycles. The van der Waals surface area contributed by atoms with Crippen LogP contribution in [0, 0.1) is 0 Å². The van der Waals surface area contributed by atoms with Gasteiger partial charge in [-0.05, 0) is 43.7 Å². The van der Waals surface area contributed by atoms with Crippen LogP contribution in [0.5, 0.6) is 5.75 Å². The van der Waals surface area contributed by atoms with E-state index in [9.17, 15) is 9.59 Å². The van der Waals surface area contributed by atoms with Gasteiger partial charge in [0.25, 0.3) is 5.56 Å². The van der Waals surface area contributed by atoms with Crippen LogP contribution in [0.25, 0.3) is 0 Å². The number of piperidine rings is 1. The number of anilines is 1. The summed E-state index contributed by atoms with van der Waals surface area (Å²) < 4.78 is 5.25. The second kappa shape index (κ2) is 8.84. The van der Waals surface area contributed by atoms with Crippen molar-refractivity contribution in [2.75, 3.05) is 51.3 Å². The second-order valence-electron chi connectivity index (χ2n) is 7.87. The third-order valence-electron chi connectivity index (χ3n) is 5.96. The van der Waals surface area contributed by atoms with Crippen LogP contribution in [-0.4, -0.2) is 72.2 Å². The molecule has 8 heteroatoms. The number of piperazine rings is 1. The highest BCUT2D eigenvalue weighted by Crippen LogP contribution is 2.23. The lowest BCUT2D eigenvalue weighted by atomic mass is 10.0. The van der Waals surface area contributed by atoms with Crippen molar-refractivity contribution in [2.24, 2.45) is 0 Å². The first kappa shape index (κ1) is 19.7. The lowest BCUT2D eigenvalue weighted by Gasteiger charge is -2.44. The third-order valence-corrected chi connectivity index (χ3v) is 5.96.